The van der Waals surface area contributed by atoms with Crippen molar-refractivity contribution in [2.24, 2.45) is 0 Å². The zero-order valence-corrected chi connectivity index (χ0v) is 14.2. The lowest BCUT2D eigenvalue weighted by Crippen LogP contribution is -2.15. The second-order valence-corrected chi connectivity index (χ2v) is 5.68. The molecule has 0 spiro atoms. The molecule has 0 unspecified atom stereocenters. The van der Waals surface area contributed by atoms with Crippen LogP contribution in [-0.4, -0.2) is 17.7 Å². The van der Waals surface area contributed by atoms with Crippen molar-refractivity contribution in [3.63, 3.8) is 0 Å². The highest BCUT2D eigenvalue weighted by Crippen LogP contribution is 2.23. The van der Waals surface area contributed by atoms with Gasteiger partial charge in [0.25, 0.3) is 5.91 Å². The molecule has 8 heteroatoms. The second-order valence-electron chi connectivity index (χ2n) is 5.24. The summed E-state index contributed by atoms with van der Waals surface area (Å²) < 4.78 is 13.8. The first-order chi connectivity index (χ1) is 11.7. The number of anilines is 3. The molecule has 0 aliphatic rings. The number of carbonyl (C=O) groups excluding carboxylic acids is 3. The molecule has 3 N–H and O–H groups in total. The SMILES string of the molecule is CC(=O)Nc1cc(NC(C)=O)cc(C(=O)Nc2ccc(Cl)cc2F)c1. The fourth-order valence-corrected chi connectivity index (χ4v) is 2.25. The molecule has 2 rings (SSSR count). The molecule has 2 aromatic rings. The molecule has 0 aromatic heterocycles. The molecule has 25 heavy (non-hydrogen) atoms. The van der Waals surface area contributed by atoms with Crippen molar-refractivity contribution >= 4 is 46.4 Å². The summed E-state index contributed by atoms with van der Waals surface area (Å²) in [5, 5.41) is 7.69. The number of hydrogen-bond donors (Lipinski definition) is 3. The van der Waals surface area contributed by atoms with Crippen molar-refractivity contribution in [2.75, 3.05) is 16.0 Å². The minimum Gasteiger partial charge on any atom is -0.326 e. The number of carbonyl (C=O) groups is 3. The molecule has 0 saturated heterocycles. The molecule has 0 radical (unpaired) electrons. The summed E-state index contributed by atoms with van der Waals surface area (Å²) in [6.45, 7) is 2.63. The molecule has 3 amide bonds. The zero-order valence-electron chi connectivity index (χ0n) is 13.4. The number of benzene rings is 2. The number of nitrogens with one attached hydrogen (secondary N) is 3. The first-order valence-electron chi connectivity index (χ1n) is 7.21. The van der Waals surface area contributed by atoms with Crippen LogP contribution in [0.3, 0.4) is 0 Å². The van der Waals surface area contributed by atoms with E-state index >= 15 is 0 Å². The topological polar surface area (TPSA) is 87.3 Å². The average molecular weight is 364 g/mol. The number of amides is 3. The molecule has 0 aliphatic heterocycles. The Morgan fingerprint density at radius 1 is 0.880 bits per heavy atom. The third kappa shape index (κ3) is 5.29. The molecule has 6 nitrogen and oxygen atoms in total. The van der Waals surface area contributed by atoms with Crippen molar-refractivity contribution in [3.8, 4) is 0 Å². The van der Waals surface area contributed by atoms with Gasteiger partial charge in [0, 0.05) is 35.8 Å². The molecule has 2 aromatic carbocycles. The molecular weight excluding hydrogens is 349 g/mol. The zero-order chi connectivity index (χ0) is 18.6. The van der Waals surface area contributed by atoms with E-state index in [1.54, 1.807) is 0 Å². The molecule has 0 heterocycles. The highest BCUT2D eigenvalue weighted by atomic mass is 35.5. The van der Waals surface area contributed by atoms with Gasteiger partial charge in [-0.05, 0) is 36.4 Å². The van der Waals surface area contributed by atoms with Crippen molar-refractivity contribution in [1.29, 1.82) is 0 Å². The van der Waals surface area contributed by atoms with Crippen LogP contribution >= 0.6 is 11.6 Å². The van der Waals surface area contributed by atoms with Crippen LogP contribution in [0, 0.1) is 5.82 Å². The molecule has 0 saturated carbocycles. The first-order valence-corrected chi connectivity index (χ1v) is 7.59. The van der Waals surface area contributed by atoms with E-state index in [2.05, 4.69) is 16.0 Å². The Hall–Kier alpha value is -2.93. The summed E-state index contributed by atoms with van der Waals surface area (Å²) in [5.74, 6) is -1.97. The molecule has 0 atom stereocenters. The Morgan fingerprint density at radius 3 is 1.92 bits per heavy atom. The van der Waals surface area contributed by atoms with E-state index in [0.717, 1.165) is 6.07 Å². The van der Waals surface area contributed by atoms with E-state index in [9.17, 15) is 18.8 Å². The lowest BCUT2D eigenvalue weighted by Gasteiger charge is -2.11. The highest BCUT2D eigenvalue weighted by molar-refractivity contribution is 6.30. The maximum Gasteiger partial charge on any atom is 0.255 e. The van der Waals surface area contributed by atoms with Gasteiger partial charge in [0.2, 0.25) is 11.8 Å². The first kappa shape index (κ1) is 18.4. The Kier molecular flexibility index (Phi) is 5.71. The summed E-state index contributed by atoms with van der Waals surface area (Å²) in [6, 6.07) is 8.18. The van der Waals surface area contributed by atoms with Crippen LogP contribution < -0.4 is 16.0 Å². The average Bonchev–Trinajstić information content (AvgIpc) is 2.48. The van der Waals surface area contributed by atoms with Crippen LogP contribution in [0.25, 0.3) is 0 Å². The van der Waals surface area contributed by atoms with Crippen molar-refractivity contribution in [3.05, 3.63) is 52.8 Å². The van der Waals surface area contributed by atoms with Gasteiger partial charge in [0.15, 0.2) is 0 Å². The van der Waals surface area contributed by atoms with Crippen LogP contribution in [0.4, 0.5) is 21.5 Å². The van der Waals surface area contributed by atoms with Crippen LogP contribution in [0.5, 0.6) is 0 Å². The quantitative estimate of drug-likeness (QED) is 0.774. The molecular formula is C17H15ClFN3O3. The van der Waals surface area contributed by atoms with Gasteiger partial charge < -0.3 is 16.0 Å². The lowest BCUT2D eigenvalue weighted by atomic mass is 10.1. The van der Waals surface area contributed by atoms with Gasteiger partial charge in [-0.3, -0.25) is 14.4 Å². The summed E-state index contributed by atoms with van der Waals surface area (Å²) >= 11 is 5.68. The summed E-state index contributed by atoms with van der Waals surface area (Å²) in [5.41, 5.74) is 0.728. The van der Waals surface area contributed by atoms with Crippen LogP contribution in [0.1, 0.15) is 24.2 Å². The van der Waals surface area contributed by atoms with E-state index in [-0.39, 0.29) is 28.1 Å². The predicted molar refractivity (Wildman–Crippen MR) is 94.4 cm³/mol. The molecule has 0 bridgehead atoms. The Morgan fingerprint density at radius 2 is 1.44 bits per heavy atom. The fourth-order valence-electron chi connectivity index (χ4n) is 2.09. The summed E-state index contributed by atoms with van der Waals surface area (Å²) in [6.07, 6.45) is 0. The van der Waals surface area contributed by atoms with Crippen LogP contribution in [0.15, 0.2) is 36.4 Å². The molecule has 0 fully saturated rings. The van der Waals surface area contributed by atoms with Gasteiger partial charge in [-0.15, -0.1) is 0 Å². The maximum absolute atomic E-state index is 13.8. The van der Waals surface area contributed by atoms with Crippen molar-refractivity contribution < 1.29 is 18.8 Å². The van der Waals surface area contributed by atoms with Crippen LogP contribution in [0.2, 0.25) is 5.02 Å². The van der Waals surface area contributed by atoms with E-state index in [0.29, 0.717) is 11.4 Å². The predicted octanol–water partition coefficient (Wildman–Crippen LogP) is 3.65. The van der Waals surface area contributed by atoms with Gasteiger partial charge in [0.05, 0.1) is 5.69 Å². The number of hydrogen-bond acceptors (Lipinski definition) is 3. The smallest absolute Gasteiger partial charge is 0.255 e. The standard InChI is InChI=1S/C17H15ClFN3O3/c1-9(23)20-13-5-11(6-14(8-13)21-10(2)24)17(25)22-16-4-3-12(18)7-15(16)19/h3-8H,1-2H3,(H,20,23)(H,21,24)(H,22,25). The number of halogens is 2. The van der Waals surface area contributed by atoms with Crippen molar-refractivity contribution in [1.82, 2.24) is 0 Å². The Labute approximate surface area is 148 Å². The minimum atomic E-state index is -0.680. The van der Waals surface area contributed by atoms with E-state index in [1.807, 2.05) is 0 Å². The normalized spacial score (nSPS) is 10.1. The molecule has 130 valence electrons. The van der Waals surface area contributed by atoms with Crippen LogP contribution in [-0.2, 0) is 9.59 Å². The summed E-state index contributed by atoms with van der Waals surface area (Å²) in [7, 11) is 0. The minimum absolute atomic E-state index is 0.0413. The van der Waals surface area contributed by atoms with Gasteiger partial charge in [-0.2, -0.15) is 0 Å². The highest BCUT2D eigenvalue weighted by Gasteiger charge is 2.13. The Balaban J connectivity index is 2.33. The van der Waals surface area contributed by atoms with Gasteiger partial charge in [-0.1, -0.05) is 11.6 Å². The Bertz CT molecular complexity index is 821. The third-order valence-corrected chi connectivity index (χ3v) is 3.25. The number of rotatable bonds is 4. The van der Waals surface area contributed by atoms with E-state index in [1.165, 1.54) is 44.2 Å². The third-order valence-electron chi connectivity index (χ3n) is 3.02. The van der Waals surface area contributed by atoms with Crippen molar-refractivity contribution in [2.45, 2.75) is 13.8 Å². The second kappa shape index (κ2) is 7.76. The monoisotopic (exact) mass is 363 g/mol. The van der Waals surface area contributed by atoms with E-state index < -0.39 is 11.7 Å². The van der Waals surface area contributed by atoms with E-state index in [4.69, 9.17) is 11.6 Å². The largest absolute Gasteiger partial charge is 0.326 e. The van der Waals surface area contributed by atoms with Gasteiger partial charge in [-0.25, -0.2) is 4.39 Å². The lowest BCUT2D eigenvalue weighted by molar-refractivity contribution is -0.115. The molecule has 0 aliphatic carbocycles. The van der Waals surface area contributed by atoms with Gasteiger partial charge in [0.1, 0.15) is 5.82 Å². The maximum atomic E-state index is 13.8. The summed E-state index contributed by atoms with van der Waals surface area (Å²) in [4.78, 5) is 34.9. The fraction of sp³-hybridized carbons (Fsp3) is 0.118. The van der Waals surface area contributed by atoms with Gasteiger partial charge >= 0.3 is 0 Å².